The molecule has 3 heteroatoms. The van der Waals surface area contributed by atoms with Gasteiger partial charge in [0.05, 0.1) is 5.71 Å². The lowest BCUT2D eigenvalue weighted by atomic mass is 9.85. The predicted molar refractivity (Wildman–Crippen MR) is 87.7 cm³/mol. The highest BCUT2D eigenvalue weighted by Gasteiger charge is 2.43. The summed E-state index contributed by atoms with van der Waals surface area (Å²) in [4.78, 5) is 9.52. The second-order valence-electron chi connectivity index (χ2n) is 6.44. The summed E-state index contributed by atoms with van der Waals surface area (Å²) in [6, 6.07) is 8.46. The molecule has 0 N–H and O–H groups in total. The Balaban J connectivity index is 1.92. The molecule has 3 nitrogen and oxygen atoms in total. The average molecular weight is 292 g/mol. The van der Waals surface area contributed by atoms with E-state index in [0.717, 1.165) is 41.1 Å². The van der Waals surface area contributed by atoms with E-state index >= 15 is 0 Å². The highest BCUT2D eigenvalue weighted by Crippen LogP contribution is 2.44. The van der Waals surface area contributed by atoms with Gasteiger partial charge < -0.3 is 4.74 Å². The first-order valence-electron chi connectivity index (χ1n) is 7.90. The summed E-state index contributed by atoms with van der Waals surface area (Å²) in [6.07, 6.45) is 5.12. The van der Waals surface area contributed by atoms with Crippen molar-refractivity contribution in [3.63, 3.8) is 0 Å². The van der Waals surface area contributed by atoms with Gasteiger partial charge in [0.15, 0.2) is 0 Å². The van der Waals surface area contributed by atoms with Gasteiger partial charge in [-0.2, -0.15) is 0 Å². The number of nitrogens with zero attached hydrogens (tertiary/aromatic N) is 2. The van der Waals surface area contributed by atoms with E-state index in [0.29, 0.717) is 0 Å². The lowest BCUT2D eigenvalue weighted by Gasteiger charge is -2.42. The Morgan fingerprint density at radius 1 is 1.09 bits per heavy atom. The smallest absolute Gasteiger partial charge is 0.200 e. The fraction of sp³-hybridized carbons (Fsp3) is 0.368. The summed E-state index contributed by atoms with van der Waals surface area (Å²) >= 11 is 0. The summed E-state index contributed by atoms with van der Waals surface area (Å²) in [5, 5.41) is 0. The fourth-order valence-corrected chi connectivity index (χ4v) is 3.14. The molecule has 2 aliphatic rings. The maximum absolute atomic E-state index is 6.28. The summed E-state index contributed by atoms with van der Waals surface area (Å²) < 4.78 is 6.28. The topological polar surface area (TPSA) is 34.5 Å². The first-order valence-corrected chi connectivity index (χ1v) is 7.90. The number of pyridine rings is 1. The van der Waals surface area contributed by atoms with E-state index in [1.165, 1.54) is 17.5 Å². The van der Waals surface area contributed by atoms with Gasteiger partial charge in [0, 0.05) is 35.9 Å². The summed E-state index contributed by atoms with van der Waals surface area (Å²) in [5.41, 5.74) is 6.30. The molecule has 22 heavy (non-hydrogen) atoms. The Bertz CT molecular complexity index is 788. The molecular weight excluding hydrogens is 272 g/mol. The van der Waals surface area contributed by atoms with Crippen molar-refractivity contribution in [2.75, 3.05) is 0 Å². The Labute approximate surface area is 131 Å². The zero-order valence-electron chi connectivity index (χ0n) is 13.3. The standard InChI is InChI=1S/C19H20N2O/c1-12-6-4-7-16-17(15-10-13(2)14(3)20-11-15)21-19(8-5-9-19)22-18(12)16/h4,6-7,10-11H,5,8-9H2,1-3H3. The third-order valence-electron chi connectivity index (χ3n) is 4.82. The molecule has 2 aromatic rings. The molecule has 1 fully saturated rings. The molecular formula is C19H20N2O. The van der Waals surface area contributed by atoms with Crippen LogP contribution in [-0.2, 0) is 0 Å². The molecule has 4 rings (SSSR count). The zero-order chi connectivity index (χ0) is 15.3. The lowest BCUT2D eigenvalue weighted by molar-refractivity contribution is -0.00210. The van der Waals surface area contributed by atoms with Crippen molar-refractivity contribution >= 4 is 5.71 Å². The maximum Gasteiger partial charge on any atom is 0.200 e. The van der Waals surface area contributed by atoms with Crippen LogP contribution >= 0.6 is 0 Å². The Hall–Kier alpha value is -2.16. The van der Waals surface area contributed by atoms with Crippen LogP contribution in [0.4, 0.5) is 0 Å². The van der Waals surface area contributed by atoms with Gasteiger partial charge in [-0.1, -0.05) is 12.1 Å². The van der Waals surface area contributed by atoms with E-state index in [4.69, 9.17) is 9.73 Å². The van der Waals surface area contributed by atoms with Crippen LogP contribution in [0.5, 0.6) is 5.75 Å². The average Bonchev–Trinajstić information content (AvgIpc) is 2.48. The number of aromatic nitrogens is 1. The normalized spacial score (nSPS) is 18.2. The SMILES string of the molecule is Cc1cc(C2=NC3(CCC3)Oc3c(C)cccc32)cnc1C. The molecule has 1 aliphatic heterocycles. The van der Waals surface area contributed by atoms with Gasteiger partial charge in [-0.25, -0.2) is 4.99 Å². The second-order valence-corrected chi connectivity index (χ2v) is 6.44. The molecule has 1 aliphatic carbocycles. The molecule has 1 saturated carbocycles. The first-order chi connectivity index (χ1) is 10.6. The molecule has 1 spiro atoms. The van der Waals surface area contributed by atoms with Gasteiger partial charge in [0.1, 0.15) is 5.75 Å². The van der Waals surface area contributed by atoms with Crippen LogP contribution in [0.15, 0.2) is 35.5 Å². The van der Waals surface area contributed by atoms with E-state index in [1.807, 2.05) is 13.1 Å². The molecule has 0 amide bonds. The van der Waals surface area contributed by atoms with Crippen LogP contribution in [0, 0.1) is 20.8 Å². The minimum atomic E-state index is -0.340. The van der Waals surface area contributed by atoms with Crippen LogP contribution in [-0.4, -0.2) is 16.4 Å². The molecule has 0 radical (unpaired) electrons. The van der Waals surface area contributed by atoms with Crippen LogP contribution in [0.1, 0.15) is 47.2 Å². The van der Waals surface area contributed by atoms with Crippen molar-refractivity contribution in [3.05, 3.63) is 58.4 Å². The van der Waals surface area contributed by atoms with Crippen molar-refractivity contribution in [3.8, 4) is 5.75 Å². The molecule has 0 unspecified atom stereocenters. The number of para-hydroxylation sites is 1. The van der Waals surface area contributed by atoms with Crippen molar-refractivity contribution < 1.29 is 4.74 Å². The summed E-state index contributed by atoms with van der Waals surface area (Å²) in [5.74, 6) is 0.991. The number of hydrogen-bond donors (Lipinski definition) is 0. The number of benzene rings is 1. The summed E-state index contributed by atoms with van der Waals surface area (Å²) in [6.45, 7) is 6.24. The predicted octanol–water partition coefficient (Wildman–Crippen LogP) is 4.12. The van der Waals surface area contributed by atoms with E-state index in [9.17, 15) is 0 Å². The fourth-order valence-electron chi connectivity index (χ4n) is 3.14. The van der Waals surface area contributed by atoms with Crippen molar-refractivity contribution in [1.82, 2.24) is 4.98 Å². The monoisotopic (exact) mass is 292 g/mol. The summed E-state index contributed by atoms with van der Waals surface area (Å²) in [7, 11) is 0. The van der Waals surface area contributed by atoms with Gasteiger partial charge in [-0.3, -0.25) is 4.98 Å². The quantitative estimate of drug-likeness (QED) is 0.792. The van der Waals surface area contributed by atoms with Crippen molar-refractivity contribution in [1.29, 1.82) is 0 Å². The number of fused-ring (bicyclic) bond motifs is 1. The highest BCUT2D eigenvalue weighted by atomic mass is 16.5. The van der Waals surface area contributed by atoms with Crippen LogP contribution < -0.4 is 4.74 Å². The van der Waals surface area contributed by atoms with Crippen molar-refractivity contribution in [2.45, 2.75) is 45.8 Å². The van der Waals surface area contributed by atoms with Crippen LogP contribution in [0.2, 0.25) is 0 Å². The number of aliphatic imine (C=N–C) groups is 1. The molecule has 2 heterocycles. The third kappa shape index (κ3) is 1.96. The number of aryl methyl sites for hydroxylation is 3. The molecule has 112 valence electrons. The number of hydrogen-bond acceptors (Lipinski definition) is 3. The highest BCUT2D eigenvalue weighted by molar-refractivity contribution is 6.15. The van der Waals surface area contributed by atoms with Gasteiger partial charge in [-0.05, 0) is 50.5 Å². The molecule has 1 aromatic heterocycles. The van der Waals surface area contributed by atoms with E-state index < -0.39 is 0 Å². The molecule has 0 saturated heterocycles. The molecule has 1 aromatic carbocycles. The van der Waals surface area contributed by atoms with E-state index in [-0.39, 0.29) is 5.72 Å². The Morgan fingerprint density at radius 3 is 2.59 bits per heavy atom. The molecule has 0 atom stereocenters. The molecule has 0 bridgehead atoms. The second kappa shape index (κ2) is 4.67. The number of ether oxygens (including phenoxy) is 1. The Kier molecular flexibility index (Phi) is 2.86. The van der Waals surface area contributed by atoms with Gasteiger partial charge >= 0.3 is 0 Å². The zero-order valence-corrected chi connectivity index (χ0v) is 13.3. The largest absolute Gasteiger partial charge is 0.465 e. The van der Waals surface area contributed by atoms with Gasteiger partial charge in [0.2, 0.25) is 5.72 Å². The third-order valence-corrected chi connectivity index (χ3v) is 4.82. The van der Waals surface area contributed by atoms with Crippen molar-refractivity contribution in [2.24, 2.45) is 4.99 Å². The van der Waals surface area contributed by atoms with E-state index in [2.05, 4.69) is 43.1 Å². The van der Waals surface area contributed by atoms with Gasteiger partial charge in [-0.15, -0.1) is 0 Å². The van der Waals surface area contributed by atoms with Crippen LogP contribution in [0.25, 0.3) is 0 Å². The number of rotatable bonds is 1. The minimum Gasteiger partial charge on any atom is -0.465 e. The minimum absolute atomic E-state index is 0.340. The maximum atomic E-state index is 6.28. The van der Waals surface area contributed by atoms with Crippen LogP contribution in [0.3, 0.4) is 0 Å². The Morgan fingerprint density at radius 2 is 1.91 bits per heavy atom. The first kappa shape index (κ1) is 13.5. The van der Waals surface area contributed by atoms with Gasteiger partial charge in [0.25, 0.3) is 0 Å². The van der Waals surface area contributed by atoms with E-state index in [1.54, 1.807) is 0 Å². The lowest BCUT2D eigenvalue weighted by Crippen LogP contribution is -2.45.